The van der Waals surface area contributed by atoms with Crippen molar-refractivity contribution >= 4 is 33.7 Å². The van der Waals surface area contributed by atoms with Crippen molar-refractivity contribution < 1.29 is 9.21 Å². The number of hydrogen-bond acceptors (Lipinski definition) is 5. The minimum Gasteiger partial charge on any atom is -0.459 e. The van der Waals surface area contributed by atoms with E-state index in [4.69, 9.17) is 4.42 Å². The van der Waals surface area contributed by atoms with Crippen LogP contribution in [0.4, 0.5) is 5.82 Å². The number of furan rings is 1. The average molecular weight is 361 g/mol. The zero-order valence-corrected chi connectivity index (χ0v) is 15.0. The first-order chi connectivity index (χ1) is 13.2. The average Bonchev–Trinajstić information content (AvgIpc) is 3.35. The summed E-state index contributed by atoms with van der Waals surface area (Å²) >= 11 is 0. The molecule has 5 rings (SSSR count). The van der Waals surface area contributed by atoms with Crippen molar-refractivity contribution in [2.45, 2.75) is 6.92 Å². The van der Waals surface area contributed by atoms with E-state index in [1.165, 1.54) is 11.8 Å². The second-order valence-electron chi connectivity index (χ2n) is 6.80. The molecule has 0 spiro atoms. The maximum Gasteiger partial charge on any atom is 0.289 e. The summed E-state index contributed by atoms with van der Waals surface area (Å²) in [5, 5.41) is 1.14. The Morgan fingerprint density at radius 3 is 2.74 bits per heavy atom. The lowest BCUT2D eigenvalue weighted by molar-refractivity contribution is 0.0714. The minimum absolute atomic E-state index is 0.0614. The molecule has 1 saturated heterocycles. The van der Waals surface area contributed by atoms with Gasteiger partial charge < -0.3 is 19.2 Å². The number of aromatic amines is 1. The molecule has 0 bridgehead atoms. The molecule has 7 heteroatoms. The number of anilines is 1. The fraction of sp³-hybridized carbons (Fsp3) is 0.250. The Balaban J connectivity index is 1.44. The summed E-state index contributed by atoms with van der Waals surface area (Å²) in [4.78, 5) is 29.0. The standard InChI is InChI=1S/C20H19N5O2/c1-13-4-2-5-14-16(13)17-18(23-14)19(22-12-21-17)24-7-9-25(10-8-24)20(26)15-6-3-11-27-15/h2-6,11-12,23H,7-10H2,1H3. The molecule has 136 valence electrons. The van der Waals surface area contributed by atoms with E-state index in [-0.39, 0.29) is 5.91 Å². The highest BCUT2D eigenvalue weighted by Crippen LogP contribution is 2.31. The Kier molecular flexibility index (Phi) is 3.60. The maximum atomic E-state index is 12.5. The summed E-state index contributed by atoms with van der Waals surface area (Å²) in [5.41, 5.74) is 4.16. The molecule has 1 aromatic carbocycles. The number of fused-ring (bicyclic) bond motifs is 3. The number of hydrogen-bond donors (Lipinski definition) is 1. The van der Waals surface area contributed by atoms with Crippen LogP contribution in [0.25, 0.3) is 21.9 Å². The molecule has 0 atom stereocenters. The third-order valence-corrected chi connectivity index (χ3v) is 5.19. The Morgan fingerprint density at radius 1 is 1.11 bits per heavy atom. The van der Waals surface area contributed by atoms with Crippen LogP contribution in [0.3, 0.4) is 0 Å². The summed E-state index contributed by atoms with van der Waals surface area (Å²) in [5.74, 6) is 1.22. The molecule has 0 aliphatic carbocycles. The number of amides is 1. The first kappa shape index (κ1) is 15.9. The molecule has 1 amide bonds. The summed E-state index contributed by atoms with van der Waals surface area (Å²) in [6.07, 6.45) is 3.15. The number of piperazine rings is 1. The van der Waals surface area contributed by atoms with Crippen LogP contribution < -0.4 is 4.90 Å². The van der Waals surface area contributed by atoms with E-state index < -0.39 is 0 Å². The van der Waals surface area contributed by atoms with Gasteiger partial charge in [-0.05, 0) is 30.7 Å². The SMILES string of the molecule is Cc1cccc2[nH]c3c(N4CCN(C(=O)c5ccco5)CC4)ncnc3c12. The van der Waals surface area contributed by atoms with E-state index in [0.717, 1.165) is 27.8 Å². The summed E-state index contributed by atoms with van der Waals surface area (Å²) in [7, 11) is 0. The Morgan fingerprint density at radius 2 is 1.96 bits per heavy atom. The lowest BCUT2D eigenvalue weighted by Gasteiger charge is -2.35. The second kappa shape index (κ2) is 6.12. The third-order valence-electron chi connectivity index (χ3n) is 5.19. The summed E-state index contributed by atoms with van der Waals surface area (Å²) in [6, 6.07) is 9.64. The van der Waals surface area contributed by atoms with Gasteiger partial charge in [0.05, 0.1) is 6.26 Å². The molecule has 1 aliphatic rings. The first-order valence-electron chi connectivity index (χ1n) is 9.02. The van der Waals surface area contributed by atoms with Gasteiger partial charge in [-0.1, -0.05) is 12.1 Å². The third kappa shape index (κ3) is 2.54. The van der Waals surface area contributed by atoms with E-state index in [0.29, 0.717) is 31.9 Å². The lowest BCUT2D eigenvalue weighted by Crippen LogP contribution is -2.49. The highest BCUT2D eigenvalue weighted by molar-refractivity contribution is 6.09. The van der Waals surface area contributed by atoms with Crippen molar-refractivity contribution in [3.63, 3.8) is 0 Å². The van der Waals surface area contributed by atoms with Crippen LogP contribution in [0.1, 0.15) is 16.1 Å². The first-order valence-corrected chi connectivity index (χ1v) is 9.02. The van der Waals surface area contributed by atoms with Crippen molar-refractivity contribution in [1.82, 2.24) is 19.9 Å². The molecule has 27 heavy (non-hydrogen) atoms. The van der Waals surface area contributed by atoms with E-state index >= 15 is 0 Å². The van der Waals surface area contributed by atoms with Gasteiger partial charge in [-0.25, -0.2) is 9.97 Å². The van der Waals surface area contributed by atoms with Gasteiger partial charge in [-0.2, -0.15) is 0 Å². The van der Waals surface area contributed by atoms with E-state index in [2.05, 4.69) is 38.9 Å². The van der Waals surface area contributed by atoms with E-state index in [1.54, 1.807) is 18.5 Å². The Labute approximate surface area is 155 Å². The van der Waals surface area contributed by atoms with Crippen LogP contribution in [0, 0.1) is 6.92 Å². The molecule has 0 saturated carbocycles. The van der Waals surface area contributed by atoms with Gasteiger partial charge in [-0.15, -0.1) is 0 Å². The van der Waals surface area contributed by atoms with Gasteiger partial charge in [0.2, 0.25) is 0 Å². The zero-order chi connectivity index (χ0) is 18.4. The highest BCUT2D eigenvalue weighted by Gasteiger charge is 2.26. The molecule has 1 N–H and O–H groups in total. The van der Waals surface area contributed by atoms with E-state index in [1.807, 2.05) is 11.0 Å². The number of nitrogens with zero attached hydrogens (tertiary/aromatic N) is 4. The van der Waals surface area contributed by atoms with Crippen molar-refractivity contribution in [3.8, 4) is 0 Å². The normalized spacial score (nSPS) is 15.0. The van der Waals surface area contributed by atoms with Crippen molar-refractivity contribution in [2.75, 3.05) is 31.1 Å². The Hall–Kier alpha value is -3.35. The quantitative estimate of drug-likeness (QED) is 0.594. The molecular formula is C20H19N5O2. The maximum absolute atomic E-state index is 12.5. The van der Waals surface area contributed by atoms with Crippen LogP contribution >= 0.6 is 0 Å². The molecule has 0 radical (unpaired) electrons. The fourth-order valence-electron chi connectivity index (χ4n) is 3.82. The number of carbonyl (C=O) groups excluding carboxylic acids is 1. The van der Waals surface area contributed by atoms with Crippen LogP contribution in [0.5, 0.6) is 0 Å². The molecule has 1 fully saturated rings. The van der Waals surface area contributed by atoms with Crippen LogP contribution in [-0.2, 0) is 0 Å². The van der Waals surface area contributed by atoms with Gasteiger partial charge >= 0.3 is 0 Å². The topological polar surface area (TPSA) is 78.3 Å². The van der Waals surface area contributed by atoms with Gasteiger partial charge in [0.1, 0.15) is 17.4 Å². The summed E-state index contributed by atoms with van der Waals surface area (Å²) in [6.45, 7) is 4.78. The predicted molar refractivity (Wildman–Crippen MR) is 103 cm³/mol. The number of H-pyrrole nitrogens is 1. The number of carbonyl (C=O) groups is 1. The number of aromatic nitrogens is 3. The molecule has 4 heterocycles. The van der Waals surface area contributed by atoms with Crippen molar-refractivity contribution in [3.05, 3.63) is 54.2 Å². The van der Waals surface area contributed by atoms with Gasteiger partial charge in [0.15, 0.2) is 11.6 Å². The molecule has 7 nitrogen and oxygen atoms in total. The number of aryl methyl sites for hydroxylation is 1. The van der Waals surface area contributed by atoms with Crippen LogP contribution in [0.2, 0.25) is 0 Å². The van der Waals surface area contributed by atoms with Crippen LogP contribution in [0.15, 0.2) is 47.3 Å². The highest BCUT2D eigenvalue weighted by atomic mass is 16.3. The van der Waals surface area contributed by atoms with Crippen LogP contribution in [-0.4, -0.2) is 51.9 Å². The molecule has 3 aromatic heterocycles. The minimum atomic E-state index is -0.0614. The smallest absolute Gasteiger partial charge is 0.289 e. The van der Waals surface area contributed by atoms with Gasteiger partial charge in [-0.3, -0.25) is 4.79 Å². The van der Waals surface area contributed by atoms with Gasteiger partial charge in [0.25, 0.3) is 5.91 Å². The van der Waals surface area contributed by atoms with E-state index in [9.17, 15) is 4.79 Å². The number of benzene rings is 1. The zero-order valence-electron chi connectivity index (χ0n) is 15.0. The summed E-state index contributed by atoms with van der Waals surface area (Å²) < 4.78 is 5.23. The largest absolute Gasteiger partial charge is 0.459 e. The van der Waals surface area contributed by atoms with Crippen molar-refractivity contribution in [1.29, 1.82) is 0 Å². The lowest BCUT2D eigenvalue weighted by atomic mass is 10.1. The Bertz CT molecular complexity index is 1120. The molecule has 4 aromatic rings. The molecular weight excluding hydrogens is 342 g/mol. The monoisotopic (exact) mass is 361 g/mol. The number of nitrogens with one attached hydrogen (secondary N) is 1. The molecule has 1 aliphatic heterocycles. The fourth-order valence-corrected chi connectivity index (χ4v) is 3.82. The van der Waals surface area contributed by atoms with Crippen molar-refractivity contribution in [2.24, 2.45) is 0 Å². The number of rotatable bonds is 2. The second-order valence-corrected chi connectivity index (χ2v) is 6.80. The van der Waals surface area contributed by atoms with Gasteiger partial charge in [0, 0.05) is 37.1 Å². The molecule has 0 unspecified atom stereocenters. The predicted octanol–water partition coefficient (Wildman–Crippen LogP) is 2.97.